The molecule has 0 radical (unpaired) electrons. The maximum atomic E-state index is 13.2. The maximum absolute atomic E-state index is 13.2. The summed E-state index contributed by atoms with van der Waals surface area (Å²) in [6.45, 7) is -0.370. The number of anilines is 1. The van der Waals surface area contributed by atoms with Gasteiger partial charge in [0.2, 0.25) is 0 Å². The van der Waals surface area contributed by atoms with Crippen LogP contribution in [-0.2, 0) is 4.79 Å². The van der Waals surface area contributed by atoms with Crippen molar-refractivity contribution in [3.05, 3.63) is 54.4 Å². The molecule has 0 fully saturated rings. The summed E-state index contributed by atoms with van der Waals surface area (Å²) in [4.78, 5) is 15.3. The topological polar surface area (TPSA) is 51.2 Å². The first-order valence-electron chi connectivity index (χ1n) is 5.43. The molecule has 0 spiro atoms. The summed E-state index contributed by atoms with van der Waals surface area (Å²) in [5.74, 6) is -2.18. The van der Waals surface area contributed by atoms with Crippen molar-refractivity contribution in [1.29, 1.82) is 0 Å². The van der Waals surface area contributed by atoms with E-state index in [1.807, 2.05) is 0 Å². The predicted molar refractivity (Wildman–Crippen MR) is 64.7 cm³/mol. The van der Waals surface area contributed by atoms with Crippen LogP contribution in [0.3, 0.4) is 0 Å². The molecule has 1 heterocycles. The summed E-state index contributed by atoms with van der Waals surface area (Å²) >= 11 is 0. The number of ether oxygens (including phenoxy) is 1. The van der Waals surface area contributed by atoms with E-state index in [1.54, 1.807) is 12.1 Å². The summed E-state index contributed by atoms with van der Waals surface area (Å²) in [5.41, 5.74) is 0.558. The van der Waals surface area contributed by atoms with Crippen molar-refractivity contribution in [3.63, 3.8) is 0 Å². The summed E-state index contributed by atoms with van der Waals surface area (Å²) in [6, 6.07) is 6.09. The molecule has 0 aliphatic heterocycles. The van der Waals surface area contributed by atoms with Gasteiger partial charge in [0.25, 0.3) is 5.91 Å². The van der Waals surface area contributed by atoms with Crippen LogP contribution >= 0.6 is 0 Å². The molecule has 1 N–H and O–H groups in total. The van der Waals surface area contributed by atoms with Crippen LogP contribution in [0.4, 0.5) is 14.5 Å². The normalized spacial score (nSPS) is 10.0. The molecule has 0 unspecified atom stereocenters. The Balaban J connectivity index is 1.90. The fourth-order valence-corrected chi connectivity index (χ4v) is 1.37. The molecule has 1 amide bonds. The highest BCUT2D eigenvalue weighted by molar-refractivity contribution is 5.91. The Morgan fingerprint density at radius 1 is 1.21 bits per heavy atom. The highest BCUT2D eigenvalue weighted by Crippen LogP contribution is 2.17. The highest BCUT2D eigenvalue weighted by Gasteiger charge is 2.08. The van der Waals surface area contributed by atoms with Crippen LogP contribution < -0.4 is 10.1 Å². The molecule has 0 saturated carbocycles. The largest absolute Gasteiger partial charge is 0.481 e. The van der Waals surface area contributed by atoms with Crippen LogP contribution in [0.1, 0.15) is 0 Å². The molecule has 4 nitrogen and oxygen atoms in total. The lowest BCUT2D eigenvalue weighted by Gasteiger charge is -2.07. The second-order valence-corrected chi connectivity index (χ2v) is 3.65. The standard InChI is InChI=1S/C13H10F2N2O2/c14-9-1-2-12(11(15)7-9)19-8-13(18)17-10-3-5-16-6-4-10/h1-7H,8H2,(H,16,17,18). The zero-order chi connectivity index (χ0) is 13.7. The fourth-order valence-electron chi connectivity index (χ4n) is 1.37. The molecule has 2 aromatic rings. The van der Waals surface area contributed by atoms with Gasteiger partial charge in [-0.25, -0.2) is 8.78 Å². The molecule has 6 heteroatoms. The summed E-state index contributed by atoms with van der Waals surface area (Å²) in [7, 11) is 0. The Hall–Kier alpha value is -2.50. The smallest absolute Gasteiger partial charge is 0.262 e. The Morgan fingerprint density at radius 2 is 1.95 bits per heavy atom. The van der Waals surface area contributed by atoms with Crippen LogP contribution in [0.15, 0.2) is 42.7 Å². The highest BCUT2D eigenvalue weighted by atomic mass is 19.1. The number of carbonyl (C=O) groups is 1. The predicted octanol–water partition coefficient (Wildman–Crippen LogP) is 2.38. The number of halogens is 2. The summed E-state index contributed by atoms with van der Waals surface area (Å²) in [6.07, 6.45) is 3.05. The van der Waals surface area contributed by atoms with E-state index in [4.69, 9.17) is 4.74 Å². The maximum Gasteiger partial charge on any atom is 0.262 e. The summed E-state index contributed by atoms with van der Waals surface area (Å²) in [5, 5.41) is 2.54. The number of aromatic nitrogens is 1. The number of amides is 1. The molecule has 1 aromatic carbocycles. The van der Waals surface area contributed by atoms with Crippen LogP contribution in [-0.4, -0.2) is 17.5 Å². The van der Waals surface area contributed by atoms with Crippen molar-refractivity contribution in [3.8, 4) is 5.75 Å². The Kier molecular flexibility index (Phi) is 4.02. The van der Waals surface area contributed by atoms with Gasteiger partial charge in [0.05, 0.1) is 0 Å². The van der Waals surface area contributed by atoms with E-state index in [2.05, 4.69) is 10.3 Å². The average Bonchev–Trinajstić information content (AvgIpc) is 2.39. The van der Waals surface area contributed by atoms with Gasteiger partial charge >= 0.3 is 0 Å². The number of nitrogens with one attached hydrogen (secondary N) is 1. The number of carbonyl (C=O) groups excluding carboxylic acids is 1. The number of pyridine rings is 1. The van der Waals surface area contributed by atoms with Crippen molar-refractivity contribution in [2.75, 3.05) is 11.9 Å². The molecule has 0 atom stereocenters. The van der Waals surface area contributed by atoms with E-state index in [-0.39, 0.29) is 12.4 Å². The molecular formula is C13H10F2N2O2. The number of hydrogen-bond donors (Lipinski definition) is 1. The summed E-state index contributed by atoms with van der Waals surface area (Å²) < 4.78 is 30.8. The fraction of sp³-hybridized carbons (Fsp3) is 0.0769. The van der Waals surface area contributed by atoms with Gasteiger partial charge in [-0.05, 0) is 24.3 Å². The second-order valence-electron chi connectivity index (χ2n) is 3.65. The second kappa shape index (κ2) is 5.90. The number of rotatable bonds is 4. The lowest BCUT2D eigenvalue weighted by atomic mass is 10.3. The molecular weight excluding hydrogens is 254 g/mol. The zero-order valence-corrected chi connectivity index (χ0v) is 9.77. The third kappa shape index (κ3) is 3.74. The molecule has 19 heavy (non-hydrogen) atoms. The van der Waals surface area contributed by atoms with Crippen molar-refractivity contribution < 1.29 is 18.3 Å². The van der Waals surface area contributed by atoms with Crippen LogP contribution in [0.25, 0.3) is 0 Å². The molecule has 0 bridgehead atoms. The Bertz CT molecular complexity index is 576. The number of nitrogens with zero attached hydrogens (tertiary/aromatic N) is 1. The molecule has 2 rings (SSSR count). The van der Waals surface area contributed by atoms with E-state index in [9.17, 15) is 13.6 Å². The van der Waals surface area contributed by atoms with Crippen molar-refractivity contribution in [1.82, 2.24) is 4.98 Å². The first kappa shape index (κ1) is 12.9. The third-order valence-corrected chi connectivity index (χ3v) is 2.22. The van der Waals surface area contributed by atoms with Crippen LogP contribution in [0.2, 0.25) is 0 Å². The third-order valence-electron chi connectivity index (χ3n) is 2.22. The lowest BCUT2D eigenvalue weighted by Crippen LogP contribution is -2.20. The molecule has 0 saturated heterocycles. The minimum Gasteiger partial charge on any atom is -0.481 e. The Labute approximate surface area is 108 Å². The van der Waals surface area contributed by atoms with Gasteiger partial charge in [-0.2, -0.15) is 0 Å². The van der Waals surface area contributed by atoms with Crippen molar-refractivity contribution >= 4 is 11.6 Å². The van der Waals surface area contributed by atoms with Gasteiger partial charge in [0.1, 0.15) is 5.82 Å². The van der Waals surface area contributed by atoms with Gasteiger partial charge in [-0.3, -0.25) is 9.78 Å². The van der Waals surface area contributed by atoms with Crippen LogP contribution in [0, 0.1) is 11.6 Å². The van der Waals surface area contributed by atoms with Gasteiger partial charge in [0, 0.05) is 24.1 Å². The van der Waals surface area contributed by atoms with E-state index in [0.29, 0.717) is 11.8 Å². The minimum atomic E-state index is -0.850. The minimum absolute atomic E-state index is 0.175. The number of hydrogen-bond acceptors (Lipinski definition) is 3. The van der Waals surface area contributed by atoms with Crippen molar-refractivity contribution in [2.45, 2.75) is 0 Å². The lowest BCUT2D eigenvalue weighted by molar-refractivity contribution is -0.118. The molecule has 0 aliphatic carbocycles. The average molecular weight is 264 g/mol. The first-order chi connectivity index (χ1) is 9.15. The monoisotopic (exact) mass is 264 g/mol. The van der Waals surface area contributed by atoms with Gasteiger partial charge in [-0.1, -0.05) is 0 Å². The molecule has 1 aromatic heterocycles. The zero-order valence-electron chi connectivity index (χ0n) is 9.77. The number of benzene rings is 1. The molecule has 98 valence electrons. The van der Waals surface area contributed by atoms with E-state index in [0.717, 1.165) is 12.1 Å². The van der Waals surface area contributed by atoms with E-state index in [1.165, 1.54) is 12.4 Å². The van der Waals surface area contributed by atoms with Gasteiger partial charge in [0.15, 0.2) is 18.2 Å². The molecule has 0 aliphatic rings. The van der Waals surface area contributed by atoms with E-state index >= 15 is 0 Å². The quantitative estimate of drug-likeness (QED) is 0.922. The van der Waals surface area contributed by atoms with Crippen molar-refractivity contribution in [2.24, 2.45) is 0 Å². The first-order valence-corrected chi connectivity index (χ1v) is 5.43. The Morgan fingerprint density at radius 3 is 2.63 bits per heavy atom. The SMILES string of the molecule is O=C(COc1ccc(F)cc1F)Nc1ccncc1. The van der Waals surface area contributed by atoms with E-state index < -0.39 is 17.5 Å². The van der Waals surface area contributed by atoms with Crippen LogP contribution in [0.5, 0.6) is 5.75 Å². The van der Waals surface area contributed by atoms with Gasteiger partial charge < -0.3 is 10.1 Å². The van der Waals surface area contributed by atoms with Gasteiger partial charge in [-0.15, -0.1) is 0 Å².